The average Bonchev–Trinajstić information content (AvgIpc) is 1.34. The van der Waals surface area contributed by atoms with Crippen LogP contribution in [-0.4, -0.2) is 58.2 Å². The van der Waals surface area contributed by atoms with Gasteiger partial charge in [0, 0.05) is 162 Å². The topological polar surface area (TPSA) is 118 Å². The quantitative estimate of drug-likeness (QED) is 0.0489. The second-order valence-electron chi connectivity index (χ2n) is 34.6. The van der Waals surface area contributed by atoms with Crippen LogP contribution >= 0.6 is 0 Å². The van der Waals surface area contributed by atoms with Crippen LogP contribution in [0.2, 0.25) is 0 Å². The van der Waals surface area contributed by atoms with Crippen LogP contribution in [0.25, 0.3) is 123 Å². The standard InChI is InChI=1S/2C33H30N3.C21H24N2.C21H23N2.C5H8O2.2Ir/c2*1-22(2)26-12-9-13-27(23(3)4)32(26)35-21-20-34-33(35)24-16-18-25(19-17-24)36-30-14-7-5-10-28(30)29-11-6-8-15-31(29)36;2*1-15(2)18-11-8-12-19(16(3)4)20(18)23-14-13-22-21(23)17-9-6-5-7-10-17;1-4(6)3-5(2)7;;/h2*5-16,18-23H,1-4H3;5-16H,1-4H3;5-9,11-16H,1-4H3;3,6H,1-2H3;;/q2*-1;;-1;;;. The number of hydrogen-bond acceptors (Lipinski definition) is 6. The molecule has 14 heteroatoms. The average molecular weight is 2030 g/mol. The van der Waals surface area contributed by atoms with Crippen LogP contribution < -0.4 is 0 Å². The molecular formula is C113H115Ir2N10O2-3. The zero-order valence-electron chi connectivity index (χ0n) is 76.1. The van der Waals surface area contributed by atoms with Crippen molar-refractivity contribution in [1.82, 2.24) is 47.3 Å². The molecule has 0 unspecified atom stereocenters. The van der Waals surface area contributed by atoms with Gasteiger partial charge in [0.2, 0.25) is 0 Å². The van der Waals surface area contributed by atoms with E-state index in [-0.39, 0.29) is 51.8 Å². The molecule has 1 N–H and O–H groups in total. The first-order valence-corrected chi connectivity index (χ1v) is 44.0. The van der Waals surface area contributed by atoms with Gasteiger partial charge in [-0.2, -0.15) is 0 Å². The van der Waals surface area contributed by atoms with Crippen molar-refractivity contribution >= 4 is 49.4 Å². The van der Waals surface area contributed by atoms with Crippen LogP contribution in [0.15, 0.2) is 322 Å². The molecule has 0 aliphatic heterocycles. The minimum absolute atomic E-state index is 0. The third kappa shape index (κ3) is 20.4. The number of ketones is 1. The van der Waals surface area contributed by atoms with E-state index in [1.807, 2.05) is 49.1 Å². The maximum absolute atomic E-state index is 10.0. The summed E-state index contributed by atoms with van der Waals surface area (Å²) in [5, 5.41) is 13.4. The molecule has 0 fully saturated rings. The molecule has 0 saturated heterocycles. The van der Waals surface area contributed by atoms with Gasteiger partial charge in [-0.25, -0.2) is 4.98 Å². The Labute approximate surface area is 777 Å². The van der Waals surface area contributed by atoms with Crippen molar-refractivity contribution in [2.24, 2.45) is 0 Å². The monoisotopic (exact) mass is 2030 g/mol. The molecular weight excluding hydrogens is 1910 g/mol. The van der Waals surface area contributed by atoms with Gasteiger partial charge in [0.05, 0.1) is 28.9 Å². The van der Waals surface area contributed by atoms with E-state index in [9.17, 15) is 4.79 Å². The summed E-state index contributed by atoms with van der Waals surface area (Å²) in [6.45, 7) is 38.9. The normalized spacial score (nSPS) is 11.5. The van der Waals surface area contributed by atoms with Gasteiger partial charge in [-0.05, 0) is 141 Å². The van der Waals surface area contributed by atoms with E-state index in [1.165, 1.54) is 131 Å². The van der Waals surface area contributed by atoms with Gasteiger partial charge in [-0.3, -0.25) is 24.3 Å². The Hall–Kier alpha value is -12.4. The summed E-state index contributed by atoms with van der Waals surface area (Å²) in [5.74, 6) is 7.21. The molecule has 2 radical (unpaired) electrons. The molecule has 0 spiro atoms. The number of aliphatic hydroxyl groups is 1. The summed E-state index contributed by atoms with van der Waals surface area (Å²) in [6.07, 6.45) is 17.0. The SMILES string of the molecule is CC(=O)C=C(C)O.CC(C)c1cccc(C(C)C)c1-n1ccnc1-c1[c-]cc(-n2c3ccccc3c3ccccc32)cc1.CC(C)c1cccc(C(C)C)c1-n1ccnc1-c1[c-]cc(-n2c3ccccc3c3ccccc32)cc1.CC(C)c1cccc(C(C)C)c1-n1ccnc1-c1[c-]cccc1.CC(C)c1cccc(C(C)C)c1-n1ccnc1-c1ccccc1.[Ir].[Ir]. The first-order valence-electron chi connectivity index (χ1n) is 44.0. The third-order valence-corrected chi connectivity index (χ3v) is 23.0. The first-order chi connectivity index (χ1) is 60.4. The summed E-state index contributed by atoms with van der Waals surface area (Å²) < 4.78 is 13.6. The number of carbonyl (C=O) groups is 1. The van der Waals surface area contributed by atoms with Crippen LogP contribution in [0.5, 0.6) is 0 Å². The maximum atomic E-state index is 10.0. The second-order valence-corrected chi connectivity index (χ2v) is 34.6. The predicted octanol–water partition coefficient (Wildman–Crippen LogP) is 29.8. The number of benzene rings is 12. The van der Waals surface area contributed by atoms with Crippen molar-refractivity contribution in [1.29, 1.82) is 0 Å². The minimum Gasteiger partial charge on any atom is -0.512 e. The molecule has 127 heavy (non-hydrogen) atoms. The van der Waals surface area contributed by atoms with Crippen LogP contribution in [-0.2, 0) is 45.0 Å². The fraction of sp³-hybridized carbons (Fsp3) is 0.230. The second kappa shape index (κ2) is 42.3. The maximum Gasteiger partial charge on any atom is 0.155 e. The molecule has 12 aromatic carbocycles. The van der Waals surface area contributed by atoms with Gasteiger partial charge in [0.25, 0.3) is 0 Å². The van der Waals surface area contributed by atoms with E-state index in [2.05, 4.69) is 428 Å². The molecule has 0 atom stereocenters. The zero-order valence-corrected chi connectivity index (χ0v) is 80.9. The van der Waals surface area contributed by atoms with Crippen LogP contribution in [0.1, 0.15) is 216 Å². The van der Waals surface area contributed by atoms with Crippen molar-refractivity contribution in [3.05, 3.63) is 385 Å². The Morgan fingerprint density at radius 2 is 0.559 bits per heavy atom. The number of rotatable bonds is 19. The number of carbonyl (C=O) groups excluding carboxylic acids is 1. The molecule has 6 aromatic heterocycles. The Kier molecular flexibility index (Phi) is 31.2. The van der Waals surface area contributed by atoms with Gasteiger partial charge in [0.15, 0.2) is 5.78 Å². The number of para-hydroxylation sites is 8. The molecule has 650 valence electrons. The largest absolute Gasteiger partial charge is 0.512 e. The number of fused-ring (bicyclic) bond motifs is 6. The van der Waals surface area contributed by atoms with Crippen molar-refractivity contribution < 1.29 is 50.1 Å². The number of allylic oxidation sites excluding steroid dienone is 2. The van der Waals surface area contributed by atoms with Crippen molar-refractivity contribution in [2.45, 2.75) is 172 Å². The Balaban J connectivity index is 0.000000152. The van der Waals surface area contributed by atoms with E-state index < -0.39 is 0 Å². The Morgan fingerprint density at radius 1 is 0.299 bits per heavy atom. The predicted molar refractivity (Wildman–Crippen MR) is 521 cm³/mol. The van der Waals surface area contributed by atoms with Crippen molar-refractivity contribution in [3.8, 4) is 79.7 Å². The molecule has 18 rings (SSSR count). The minimum atomic E-state index is -0.125. The fourth-order valence-corrected chi connectivity index (χ4v) is 17.1. The molecule has 12 nitrogen and oxygen atoms in total. The number of aromatic nitrogens is 10. The zero-order chi connectivity index (χ0) is 88.3. The Bertz CT molecular complexity index is 6140. The van der Waals surface area contributed by atoms with Gasteiger partial charge in [-0.15, -0.1) is 95.6 Å². The number of hydrogen-bond donors (Lipinski definition) is 1. The van der Waals surface area contributed by atoms with Gasteiger partial charge in [-0.1, -0.05) is 287 Å². The number of aliphatic hydroxyl groups excluding tert-OH is 1. The van der Waals surface area contributed by atoms with Crippen LogP contribution in [0.3, 0.4) is 0 Å². The third-order valence-electron chi connectivity index (χ3n) is 23.0. The fourth-order valence-electron chi connectivity index (χ4n) is 17.1. The summed E-state index contributed by atoms with van der Waals surface area (Å²) in [6, 6.07) is 103. The summed E-state index contributed by atoms with van der Waals surface area (Å²) in [7, 11) is 0. The van der Waals surface area contributed by atoms with E-state index >= 15 is 0 Å². The number of nitrogens with zero attached hydrogens (tertiary/aromatic N) is 10. The van der Waals surface area contributed by atoms with E-state index in [1.54, 1.807) is 0 Å². The number of imidazole rings is 4. The Morgan fingerprint density at radius 3 is 0.803 bits per heavy atom. The molecule has 18 aromatic rings. The van der Waals surface area contributed by atoms with Gasteiger partial charge < -0.3 is 27.9 Å². The van der Waals surface area contributed by atoms with Crippen molar-refractivity contribution in [3.63, 3.8) is 0 Å². The summed E-state index contributed by atoms with van der Waals surface area (Å²) in [4.78, 5) is 28.8. The molecule has 0 aliphatic rings. The van der Waals surface area contributed by atoms with E-state index in [0.29, 0.717) is 47.3 Å². The summed E-state index contributed by atoms with van der Waals surface area (Å²) >= 11 is 0. The van der Waals surface area contributed by atoms with Crippen LogP contribution in [0, 0.1) is 18.2 Å². The first kappa shape index (κ1) is 93.7. The molecule has 0 amide bonds. The van der Waals surface area contributed by atoms with Gasteiger partial charge >= 0.3 is 0 Å². The molecule has 0 aliphatic carbocycles. The smallest absolute Gasteiger partial charge is 0.155 e. The molecule has 6 heterocycles. The van der Waals surface area contributed by atoms with Crippen molar-refractivity contribution in [2.75, 3.05) is 0 Å². The molecule has 0 saturated carbocycles. The van der Waals surface area contributed by atoms with Gasteiger partial charge in [0.1, 0.15) is 5.82 Å². The van der Waals surface area contributed by atoms with E-state index in [0.717, 1.165) is 56.9 Å². The van der Waals surface area contributed by atoms with E-state index in [4.69, 9.17) is 15.1 Å². The van der Waals surface area contributed by atoms with Crippen LogP contribution in [0.4, 0.5) is 0 Å². The molecule has 0 bridgehead atoms. The summed E-state index contributed by atoms with van der Waals surface area (Å²) in [5.41, 5.74) is 27.0.